The molecule has 170 valence electrons. The number of hydrogen-bond acceptors (Lipinski definition) is 6. The largest absolute Gasteiger partial charge is 0.480 e. The second-order valence-corrected chi connectivity index (χ2v) is 7.63. The summed E-state index contributed by atoms with van der Waals surface area (Å²) in [5.41, 5.74) is 6.14. The molecule has 0 aromatic heterocycles. The summed E-state index contributed by atoms with van der Waals surface area (Å²) in [7, 11) is -1.38. The van der Waals surface area contributed by atoms with E-state index in [1.165, 1.54) is 0 Å². The molecule has 1 fully saturated rings. The van der Waals surface area contributed by atoms with Gasteiger partial charge in [-0.2, -0.15) is 0 Å². The monoisotopic (exact) mass is 464 g/mol. The van der Waals surface area contributed by atoms with Crippen molar-refractivity contribution in [3.8, 4) is 0 Å². The lowest BCUT2D eigenvalue weighted by atomic mass is 9.74. The highest BCUT2D eigenvalue weighted by Gasteiger charge is 2.42. The average Bonchev–Trinajstić information content (AvgIpc) is 2.65. The standard InChI is InChI=1S/C19H29BN2O6.2ClH/c21-19(18(25)26,8-1-2-9-20(27)28)16-6-10-22(11-7-16)13-14-4-3-5-15(12-14)17(23)24;;/h3-5,12,16,27-28H,1-2,6-11,13,21H2,(H,23,24)(H,25,26);2*1H. The number of unbranched alkanes of at least 4 members (excludes halogenated alkanes) is 1. The molecule has 1 saturated heterocycles. The number of piperidine rings is 1. The molecular formula is C19H31BCl2N2O6. The van der Waals surface area contributed by atoms with Crippen LogP contribution in [0.25, 0.3) is 0 Å². The molecule has 1 unspecified atom stereocenters. The van der Waals surface area contributed by atoms with Crippen LogP contribution in [0.4, 0.5) is 0 Å². The van der Waals surface area contributed by atoms with E-state index in [0.29, 0.717) is 51.7 Å². The molecule has 11 heteroatoms. The van der Waals surface area contributed by atoms with Crippen molar-refractivity contribution in [3.05, 3.63) is 35.4 Å². The third-order valence-electron chi connectivity index (χ3n) is 5.60. The molecule has 0 amide bonds. The van der Waals surface area contributed by atoms with Gasteiger partial charge in [0.1, 0.15) is 5.54 Å². The van der Waals surface area contributed by atoms with Crippen LogP contribution >= 0.6 is 24.8 Å². The number of carboxylic acid groups (broad SMARTS) is 2. The minimum absolute atomic E-state index is 0. The Labute approximate surface area is 189 Å². The second-order valence-electron chi connectivity index (χ2n) is 7.63. The van der Waals surface area contributed by atoms with Gasteiger partial charge in [0.2, 0.25) is 0 Å². The van der Waals surface area contributed by atoms with Gasteiger partial charge in [-0.15, -0.1) is 24.8 Å². The Morgan fingerprint density at radius 1 is 1.13 bits per heavy atom. The maximum atomic E-state index is 11.8. The van der Waals surface area contributed by atoms with E-state index < -0.39 is 24.6 Å². The molecule has 0 aliphatic carbocycles. The molecule has 1 aliphatic heterocycles. The van der Waals surface area contributed by atoms with Crippen LogP contribution in [-0.4, -0.2) is 62.8 Å². The average molecular weight is 465 g/mol. The van der Waals surface area contributed by atoms with Gasteiger partial charge in [0.05, 0.1) is 5.56 Å². The molecule has 2 rings (SSSR count). The number of nitrogens with two attached hydrogens (primary N) is 1. The van der Waals surface area contributed by atoms with Gasteiger partial charge < -0.3 is 26.0 Å². The predicted octanol–water partition coefficient (Wildman–Crippen LogP) is 1.87. The topological polar surface area (TPSA) is 144 Å². The summed E-state index contributed by atoms with van der Waals surface area (Å²) in [4.78, 5) is 25.1. The lowest BCUT2D eigenvalue weighted by Crippen LogP contribution is -2.56. The maximum absolute atomic E-state index is 11.8. The number of carboxylic acids is 2. The van der Waals surface area contributed by atoms with Crippen molar-refractivity contribution >= 4 is 43.9 Å². The van der Waals surface area contributed by atoms with E-state index in [-0.39, 0.29) is 42.6 Å². The zero-order valence-corrected chi connectivity index (χ0v) is 18.4. The van der Waals surface area contributed by atoms with Crippen molar-refractivity contribution in [2.45, 2.75) is 50.5 Å². The number of nitrogens with zero attached hydrogens (tertiary/aromatic N) is 1. The summed E-state index contributed by atoms with van der Waals surface area (Å²) in [5, 5.41) is 36.6. The minimum atomic E-state index is -1.38. The van der Waals surface area contributed by atoms with Crippen LogP contribution < -0.4 is 5.73 Å². The first-order valence-electron chi connectivity index (χ1n) is 9.65. The number of hydrogen-bond donors (Lipinski definition) is 5. The van der Waals surface area contributed by atoms with Crippen LogP contribution in [0.2, 0.25) is 6.32 Å². The molecule has 1 heterocycles. The summed E-state index contributed by atoms with van der Waals surface area (Å²) in [6.45, 7) is 2.01. The van der Waals surface area contributed by atoms with Crippen molar-refractivity contribution in [1.82, 2.24) is 4.90 Å². The molecule has 1 aromatic rings. The van der Waals surface area contributed by atoms with Crippen molar-refractivity contribution in [3.63, 3.8) is 0 Å². The van der Waals surface area contributed by atoms with E-state index in [1.54, 1.807) is 18.2 Å². The van der Waals surface area contributed by atoms with Crippen molar-refractivity contribution < 1.29 is 29.9 Å². The first-order valence-corrected chi connectivity index (χ1v) is 9.65. The van der Waals surface area contributed by atoms with Gasteiger partial charge in [-0.1, -0.05) is 25.0 Å². The van der Waals surface area contributed by atoms with E-state index in [4.69, 9.17) is 20.9 Å². The fraction of sp³-hybridized carbons (Fsp3) is 0.579. The molecule has 0 radical (unpaired) electrons. The molecule has 1 atom stereocenters. The van der Waals surface area contributed by atoms with Gasteiger partial charge in [0.15, 0.2) is 0 Å². The molecule has 0 spiro atoms. The summed E-state index contributed by atoms with van der Waals surface area (Å²) >= 11 is 0. The van der Waals surface area contributed by atoms with Gasteiger partial charge in [-0.3, -0.25) is 9.69 Å². The number of aromatic carboxylic acids is 1. The van der Waals surface area contributed by atoms with E-state index in [2.05, 4.69) is 4.90 Å². The van der Waals surface area contributed by atoms with E-state index in [1.807, 2.05) is 6.07 Å². The quantitative estimate of drug-likeness (QED) is 0.260. The molecular weight excluding hydrogens is 434 g/mol. The van der Waals surface area contributed by atoms with Crippen molar-refractivity contribution in [2.24, 2.45) is 11.7 Å². The number of benzene rings is 1. The lowest BCUT2D eigenvalue weighted by Gasteiger charge is -2.40. The van der Waals surface area contributed by atoms with Gasteiger partial charge >= 0.3 is 19.1 Å². The number of halogens is 2. The molecule has 30 heavy (non-hydrogen) atoms. The molecule has 1 aromatic carbocycles. The van der Waals surface area contributed by atoms with Crippen LogP contribution in [0.3, 0.4) is 0 Å². The number of carbonyl (C=O) groups is 2. The third kappa shape index (κ3) is 8.05. The first kappa shape index (κ1) is 28.6. The smallest absolute Gasteiger partial charge is 0.451 e. The fourth-order valence-corrected chi connectivity index (χ4v) is 3.90. The van der Waals surface area contributed by atoms with Crippen LogP contribution in [0.15, 0.2) is 24.3 Å². The second kappa shape index (κ2) is 13.1. The summed E-state index contributed by atoms with van der Waals surface area (Å²) in [5.74, 6) is -2.11. The Bertz CT molecular complexity index is 689. The van der Waals surface area contributed by atoms with Crippen LogP contribution in [-0.2, 0) is 11.3 Å². The Morgan fingerprint density at radius 2 is 1.77 bits per heavy atom. The summed E-state index contributed by atoms with van der Waals surface area (Å²) < 4.78 is 0. The zero-order chi connectivity index (χ0) is 20.7. The number of rotatable bonds is 10. The van der Waals surface area contributed by atoms with Crippen molar-refractivity contribution in [2.75, 3.05) is 13.1 Å². The number of likely N-dealkylation sites (tertiary alicyclic amines) is 1. The maximum Gasteiger partial charge on any atom is 0.451 e. The van der Waals surface area contributed by atoms with Crippen LogP contribution in [0, 0.1) is 5.92 Å². The van der Waals surface area contributed by atoms with E-state index >= 15 is 0 Å². The van der Waals surface area contributed by atoms with Gasteiger partial charge in [0, 0.05) is 6.54 Å². The Kier molecular flexibility index (Phi) is 12.5. The third-order valence-corrected chi connectivity index (χ3v) is 5.60. The molecule has 6 N–H and O–H groups in total. The molecule has 0 saturated carbocycles. The number of aliphatic carboxylic acids is 1. The highest BCUT2D eigenvalue weighted by molar-refractivity contribution is 6.40. The Hall–Kier alpha value is -1.36. The zero-order valence-electron chi connectivity index (χ0n) is 16.8. The molecule has 1 aliphatic rings. The first-order chi connectivity index (χ1) is 13.2. The Morgan fingerprint density at radius 3 is 2.30 bits per heavy atom. The normalized spacial score (nSPS) is 16.6. The summed E-state index contributed by atoms with van der Waals surface area (Å²) in [6.07, 6.45) is 2.88. The fourth-order valence-electron chi connectivity index (χ4n) is 3.90. The van der Waals surface area contributed by atoms with Crippen LogP contribution in [0.5, 0.6) is 0 Å². The van der Waals surface area contributed by atoms with Gasteiger partial charge in [-0.25, -0.2) is 4.79 Å². The molecule has 0 bridgehead atoms. The van der Waals surface area contributed by atoms with E-state index in [9.17, 15) is 14.7 Å². The van der Waals surface area contributed by atoms with Gasteiger partial charge in [-0.05, 0) is 62.3 Å². The minimum Gasteiger partial charge on any atom is -0.480 e. The SMILES string of the molecule is Cl.Cl.NC(CCCCB(O)O)(C(=O)O)C1CCN(Cc2cccc(C(=O)O)c2)CC1. The van der Waals surface area contributed by atoms with Crippen molar-refractivity contribution in [1.29, 1.82) is 0 Å². The van der Waals surface area contributed by atoms with Crippen LogP contribution in [0.1, 0.15) is 48.0 Å². The van der Waals surface area contributed by atoms with E-state index in [0.717, 1.165) is 5.56 Å². The highest BCUT2D eigenvalue weighted by atomic mass is 35.5. The highest BCUT2D eigenvalue weighted by Crippen LogP contribution is 2.32. The molecule has 8 nitrogen and oxygen atoms in total. The predicted molar refractivity (Wildman–Crippen MR) is 119 cm³/mol. The lowest BCUT2D eigenvalue weighted by molar-refractivity contribution is -0.147. The Balaban J connectivity index is 0.00000420. The summed E-state index contributed by atoms with van der Waals surface area (Å²) in [6, 6.07) is 6.83. The van der Waals surface area contributed by atoms with Gasteiger partial charge in [0.25, 0.3) is 0 Å².